The number of piperidine rings is 1. The molecule has 0 aliphatic carbocycles. The highest BCUT2D eigenvalue weighted by Crippen LogP contribution is 2.19. The monoisotopic (exact) mass is 350 g/mol. The molecule has 0 radical (unpaired) electrons. The Kier molecular flexibility index (Phi) is 6.14. The first-order valence-electron chi connectivity index (χ1n) is 9.26. The largest absolute Gasteiger partial charge is 0.444 e. The lowest BCUT2D eigenvalue weighted by molar-refractivity contribution is 0.0471. The molecule has 1 aromatic heterocycles. The van der Waals surface area contributed by atoms with Gasteiger partial charge in [-0.2, -0.15) is 0 Å². The van der Waals surface area contributed by atoms with Crippen LogP contribution in [0.3, 0.4) is 0 Å². The molecule has 142 valence electrons. The molecule has 0 spiro atoms. The molecule has 1 atom stereocenters. The second kappa shape index (κ2) is 7.77. The van der Waals surface area contributed by atoms with Crippen LogP contribution in [0.1, 0.15) is 59.6 Å². The lowest BCUT2D eigenvalue weighted by Crippen LogP contribution is -2.47. The minimum atomic E-state index is -0.493. The van der Waals surface area contributed by atoms with Gasteiger partial charge < -0.3 is 19.5 Å². The Morgan fingerprint density at radius 2 is 2.04 bits per heavy atom. The van der Waals surface area contributed by atoms with E-state index in [0.29, 0.717) is 12.5 Å². The number of likely N-dealkylation sites (tertiary alicyclic amines) is 1. The van der Waals surface area contributed by atoms with Crippen molar-refractivity contribution in [3.8, 4) is 0 Å². The summed E-state index contributed by atoms with van der Waals surface area (Å²) in [5.41, 5.74) is 0.242. The predicted molar refractivity (Wildman–Crippen MR) is 99.6 cm³/mol. The maximum atomic E-state index is 12.1. The molecule has 1 aromatic rings. The number of aromatic nitrogens is 2. The van der Waals surface area contributed by atoms with Gasteiger partial charge in [0.2, 0.25) is 0 Å². The summed E-state index contributed by atoms with van der Waals surface area (Å²) in [5, 5.41) is 2.98. The van der Waals surface area contributed by atoms with Gasteiger partial charge in [0.05, 0.1) is 6.33 Å². The Morgan fingerprint density at radius 3 is 2.68 bits per heavy atom. The fourth-order valence-electron chi connectivity index (χ4n) is 3.34. The molecule has 6 heteroatoms. The number of carbonyl (C=O) groups is 1. The van der Waals surface area contributed by atoms with Crippen molar-refractivity contribution < 1.29 is 9.53 Å². The van der Waals surface area contributed by atoms with Crippen LogP contribution in [0.25, 0.3) is 0 Å². The van der Waals surface area contributed by atoms with Gasteiger partial charge in [-0.05, 0) is 61.1 Å². The van der Waals surface area contributed by atoms with Crippen LogP contribution in [0.5, 0.6) is 0 Å². The third kappa shape index (κ3) is 6.34. The number of alkyl carbamates (subject to hydrolysis) is 1. The number of ether oxygens (including phenoxy) is 1. The Morgan fingerprint density at radius 1 is 1.32 bits per heavy atom. The van der Waals surface area contributed by atoms with Gasteiger partial charge in [-0.1, -0.05) is 6.42 Å². The molecular formula is C19H34N4O2. The van der Waals surface area contributed by atoms with Crippen molar-refractivity contribution >= 4 is 6.09 Å². The lowest BCUT2D eigenvalue weighted by atomic mass is 9.98. The fraction of sp³-hybridized carbons (Fsp3) is 0.789. The van der Waals surface area contributed by atoms with E-state index in [9.17, 15) is 4.79 Å². The number of carbonyl (C=O) groups excluding carboxylic acids is 1. The van der Waals surface area contributed by atoms with Crippen LogP contribution in [-0.4, -0.2) is 51.3 Å². The Balaban J connectivity index is 1.97. The van der Waals surface area contributed by atoms with Crippen molar-refractivity contribution in [1.82, 2.24) is 19.8 Å². The highest BCUT2D eigenvalue weighted by molar-refractivity contribution is 5.68. The zero-order valence-corrected chi connectivity index (χ0v) is 16.6. The van der Waals surface area contributed by atoms with Crippen molar-refractivity contribution in [3.05, 3.63) is 18.2 Å². The second-order valence-electron chi connectivity index (χ2n) is 8.86. The minimum Gasteiger partial charge on any atom is -0.444 e. The summed E-state index contributed by atoms with van der Waals surface area (Å²) in [4.78, 5) is 18.9. The molecule has 1 unspecified atom stereocenters. The van der Waals surface area contributed by atoms with E-state index in [0.717, 1.165) is 12.2 Å². The topological polar surface area (TPSA) is 59.4 Å². The van der Waals surface area contributed by atoms with Gasteiger partial charge in [-0.3, -0.25) is 0 Å². The van der Waals surface area contributed by atoms with Gasteiger partial charge >= 0.3 is 6.09 Å². The third-order valence-corrected chi connectivity index (χ3v) is 4.59. The van der Waals surface area contributed by atoms with Crippen LogP contribution in [0.2, 0.25) is 0 Å². The molecule has 6 nitrogen and oxygen atoms in total. The van der Waals surface area contributed by atoms with Gasteiger partial charge in [-0.15, -0.1) is 0 Å². The summed E-state index contributed by atoms with van der Waals surface area (Å²) in [6, 6.07) is 0.559. The fourth-order valence-corrected chi connectivity index (χ4v) is 3.34. The van der Waals surface area contributed by atoms with Gasteiger partial charge in [0, 0.05) is 36.4 Å². The molecule has 1 N–H and O–H groups in total. The van der Waals surface area contributed by atoms with Crippen molar-refractivity contribution in [2.45, 2.75) is 84.0 Å². The van der Waals surface area contributed by atoms with E-state index in [2.05, 4.69) is 26.8 Å². The number of imidazole rings is 1. The molecule has 0 bridgehead atoms. The minimum absolute atomic E-state index is 0.379. The predicted octanol–water partition coefficient (Wildman–Crippen LogP) is 3.21. The highest BCUT2D eigenvalue weighted by Gasteiger charge is 2.27. The molecule has 2 heterocycles. The standard InChI is InChI=1S/C19H34N4O2/c1-18(2,3)25-17(24)21-19(4,5)11-16-12-20-14-23(16)13-15-9-7-8-10-22(15)6/h12,14-15H,7-11,13H2,1-6H3,(H,21,24). The number of nitrogens with zero attached hydrogens (tertiary/aromatic N) is 3. The molecule has 1 saturated heterocycles. The Hall–Kier alpha value is -1.56. The van der Waals surface area contributed by atoms with Crippen molar-refractivity contribution in [3.63, 3.8) is 0 Å². The van der Waals surface area contributed by atoms with Crippen molar-refractivity contribution in [2.75, 3.05) is 13.6 Å². The van der Waals surface area contributed by atoms with Crippen molar-refractivity contribution in [2.24, 2.45) is 0 Å². The average molecular weight is 351 g/mol. The molecule has 1 fully saturated rings. The number of nitrogens with one attached hydrogen (secondary N) is 1. The van der Waals surface area contributed by atoms with E-state index >= 15 is 0 Å². The number of likely N-dealkylation sites (N-methyl/N-ethyl adjacent to an activating group) is 1. The normalized spacial score (nSPS) is 19.7. The van der Waals surface area contributed by atoms with Crippen LogP contribution in [-0.2, 0) is 17.7 Å². The van der Waals surface area contributed by atoms with E-state index < -0.39 is 11.1 Å². The molecule has 1 aliphatic heterocycles. The molecule has 25 heavy (non-hydrogen) atoms. The van der Waals surface area contributed by atoms with Gasteiger partial charge in [0.15, 0.2) is 0 Å². The molecule has 1 aliphatic rings. The second-order valence-corrected chi connectivity index (χ2v) is 8.86. The number of rotatable bonds is 5. The summed E-state index contributed by atoms with van der Waals surface area (Å²) in [6.45, 7) is 11.8. The van der Waals surface area contributed by atoms with Crippen LogP contribution < -0.4 is 5.32 Å². The van der Waals surface area contributed by atoms with Crippen LogP contribution >= 0.6 is 0 Å². The van der Waals surface area contributed by atoms with E-state index in [4.69, 9.17) is 4.74 Å². The molecule has 2 rings (SSSR count). The summed E-state index contributed by atoms with van der Waals surface area (Å²) in [6.07, 6.45) is 7.95. The average Bonchev–Trinajstić information content (AvgIpc) is 2.84. The third-order valence-electron chi connectivity index (χ3n) is 4.59. The SMILES string of the molecule is CN1CCCCC1Cn1cncc1CC(C)(C)NC(=O)OC(C)(C)C. The first kappa shape index (κ1) is 19.8. The summed E-state index contributed by atoms with van der Waals surface area (Å²) in [5.74, 6) is 0. The van der Waals surface area contributed by atoms with Crippen LogP contribution in [0.15, 0.2) is 12.5 Å². The molecular weight excluding hydrogens is 316 g/mol. The summed E-state index contributed by atoms with van der Waals surface area (Å²) < 4.78 is 7.61. The number of hydrogen-bond acceptors (Lipinski definition) is 4. The van der Waals surface area contributed by atoms with E-state index in [1.54, 1.807) is 0 Å². The Bertz CT molecular complexity index is 574. The first-order valence-corrected chi connectivity index (χ1v) is 9.26. The number of hydrogen-bond donors (Lipinski definition) is 1. The maximum Gasteiger partial charge on any atom is 0.408 e. The molecule has 0 saturated carbocycles. The lowest BCUT2D eigenvalue weighted by Gasteiger charge is -2.33. The van der Waals surface area contributed by atoms with Gasteiger partial charge in [0.25, 0.3) is 0 Å². The first-order chi connectivity index (χ1) is 11.6. The van der Waals surface area contributed by atoms with E-state index in [-0.39, 0.29) is 6.09 Å². The molecule has 1 amide bonds. The Labute approximate surface area is 151 Å². The quantitative estimate of drug-likeness (QED) is 0.886. The maximum absolute atomic E-state index is 12.1. The zero-order chi connectivity index (χ0) is 18.7. The number of amides is 1. The van der Waals surface area contributed by atoms with Crippen LogP contribution in [0, 0.1) is 0 Å². The van der Waals surface area contributed by atoms with E-state index in [1.807, 2.05) is 47.1 Å². The zero-order valence-electron chi connectivity index (χ0n) is 16.6. The molecule has 0 aromatic carbocycles. The summed E-state index contributed by atoms with van der Waals surface area (Å²) >= 11 is 0. The van der Waals surface area contributed by atoms with E-state index in [1.165, 1.54) is 25.8 Å². The summed E-state index contributed by atoms with van der Waals surface area (Å²) in [7, 11) is 2.20. The van der Waals surface area contributed by atoms with Crippen LogP contribution in [0.4, 0.5) is 4.79 Å². The van der Waals surface area contributed by atoms with Gasteiger partial charge in [-0.25, -0.2) is 9.78 Å². The smallest absolute Gasteiger partial charge is 0.408 e. The van der Waals surface area contributed by atoms with Gasteiger partial charge in [0.1, 0.15) is 5.60 Å². The van der Waals surface area contributed by atoms with Crippen molar-refractivity contribution in [1.29, 1.82) is 0 Å². The highest BCUT2D eigenvalue weighted by atomic mass is 16.6.